The number of hydrogen-bond acceptors (Lipinski definition) is 4. The van der Waals surface area contributed by atoms with E-state index >= 15 is 0 Å². The Balaban J connectivity index is 0.00000210. The maximum atomic E-state index is 11.8. The van der Waals surface area contributed by atoms with Crippen LogP contribution in [0.15, 0.2) is 55.0 Å². The Bertz CT molecular complexity index is 1040. The van der Waals surface area contributed by atoms with Crippen LogP contribution >= 0.6 is 11.3 Å². The van der Waals surface area contributed by atoms with Crippen LogP contribution in [0, 0.1) is 0 Å². The van der Waals surface area contributed by atoms with Gasteiger partial charge in [-0.05, 0) is 42.8 Å². The van der Waals surface area contributed by atoms with Crippen molar-refractivity contribution in [3.8, 4) is 22.4 Å². The summed E-state index contributed by atoms with van der Waals surface area (Å²) in [4.78, 5) is 23.9. The van der Waals surface area contributed by atoms with Crippen molar-refractivity contribution in [1.29, 1.82) is 0 Å². The number of hydrogen-bond donors (Lipinski definition) is 3. The van der Waals surface area contributed by atoms with Gasteiger partial charge in [0.25, 0.3) is 0 Å². The summed E-state index contributed by atoms with van der Waals surface area (Å²) in [6.07, 6.45) is 5.48. The van der Waals surface area contributed by atoms with E-state index in [0.717, 1.165) is 32.6 Å². The van der Waals surface area contributed by atoms with Crippen LogP contribution in [-0.2, 0) is 0 Å². The van der Waals surface area contributed by atoms with E-state index in [-0.39, 0.29) is 13.5 Å². The average Bonchev–Trinajstić information content (AvgIpc) is 3.31. The number of fused-ring (bicyclic) bond motifs is 1. The molecular weight excluding hydrogens is 358 g/mol. The Kier molecular flexibility index (Phi) is 5.52. The molecule has 0 fully saturated rings. The predicted molar refractivity (Wildman–Crippen MR) is 112 cm³/mol. The van der Waals surface area contributed by atoms with Crippen LogP contribution in [0.1, 0.15) is 14.4 Å². The van der Waals surface area contributed by atoms with E-state index in [4.69, 9.17) is 0 Å². The molecule has 7 heteroatoms. The minimum atomic E-state index is -0.250. The first-order chi connectivity index (χ1) is 12.7. The van der Waals surface area contributed by atoms with Crippen molar-refractivity contribution >= 4 is 32.7 Å². The number of pyridine rings is 1. The van der Waals surface area contributed by atoms with E-state index in [0.29, 0.717) is 11.7 Å². The molecule has 0 unspecified atom stereocenters. The summed E-state index contributed by atoms with van der Waals surface area (Å²) >= 11 is 1.46. The molecule has 0 aliphatic carbocycles. The number of urea groups is 1. The van der Waals surface area contributed by atoms with E-state index < -0.39 is 0 Å². The highest BCUT2D eigenvalue weighted by Crippen LogP contribution is 2.38. The van der Waals surface area contributed by atoms with Gasteiger partial charge in [-0.1, -0.05) is 24.8 Å². The zero-order chi connectivity index (χ0) is 17.9. The molecule has 3 heterocycles. The minimum absolute atomic E-state index is 0. The van der Waals surface area contributed by atoms with Gasteiger partial charge in [0, 0.05) is 42.0 Å². The smallest absolute Gasteiger partial charge is 0.321 e. The van der Waals surface area contributed by atoms with Gasteiger partial charge >= 0.3 is 6.03 Å². The molecule has 2 amide bonds. The van der Waals surface area contributed by atoms with Crippen molar-refractivity contribution in [2.45, 2.75) is 14.4 Å². The van der Waals surface area contributed by atoms with E-state index in [2.05, 4.69) is 31.7 Å². The molecule has 138 valence electrons. The normalized spacial score (nSPS) is 10.4. The number of thiazole rings is 1. The monoisotopic (exact) mass is 379 g/mol. The Morgan fingerprint density at radius 3 is 2.81 bits per heavy atom. The van der Waals surface area contributed by atoms with Crippen LogP contribution < -0.4 is 10.6 Å². The van der Waals surface area contributed by atoms with Gasteiger partial charge in [0.1, 0.15) is 0 Å². The van der Waals surface area contributed by atoms with Crippen LogP contribution in [0.4, 0.5) is 9.93 Å². The van der Waals surface area contributed by atoms with Gasteiger partial charge in [-0.15, -0.1) is 0 Å². The number of nitrogens with zero attached hydrogens (tertiary/aromatic N) is 2. The molecule has 0 saturated carbocycles. The fourth-order valence-corrected chi connectivity index (χ4v) is 3.76. The van der Waals surface area contributed by atoms with Crippen molar-refractivity contribution in [3.63, 3.8) is 0 Å². The summed E-state index contributed by atoms with van der Waals surface area (Å²) < 4.78 is 1.02. The highest BCUT2D eigenvalue weighted by atomic mass is 32.1. The lowest BCUT2D eigenvalue weighted by Gasteiger charge is -2.06. The quantitative estimate of drug-likeness (QED) is 0.459. The van der Waals surface area contributed by atoms with Crippen molar-refractivity contribution in [1.82, 2.24) is 20.3 Å². The lowest BCUT2D eigenvalue weighted by molar-refractivity contribution is 0.252. The summed E-state index contributed by atoms with van der Waals surface area (Å²) in [5.41, 5.74) is 4.95. The maximum absolute atomic E-state index is 11.8. The van der Waals surface area contributed by atoms with Crippen molar-refractivity contribution in [2.75, 3.05) is 11.9 Å². The summed E-state index contributed by atoms with van der Waals surface area (Å²) in [7, 11) is 0. The number of amides is 2. The molecule has 0 atom stereocenters. The molecule has 0 saturated heterocycles. The van der Waals surface area contributed by atoms with Crippen molar-refractivity contribution < 1.29 is 4.79 Å². The zero-order valence-corrected chi connectivity index (χ0v) is 14.9. The number of benzene rings is 1. The van der Waals surface area contributed by atoms with Crippen molar-refractivity contribution in [3.05, 3.63) is 55.0 Å². The van der Waals surface area contributed by atoms with Gasteiger partial charge in [0.05, 0.1) is 10.2 Å². The first-order valence-electron chi connectivity index (χ1n) is 8.28. The van der Waals surface area contributed by atoms with Crippen molar-refractivity contribution in [2.24, 2.45) is 0 Å². The topological polar surface area (TPSA) is 82.7 Å². The highest BCUT2D eigenvalue weighted by Gasteiger charge is 2.14. The molecule has 0 radical (unpaired) electrons. The first-order valence-corrected chi connectivity index (χ1v) is 9.10. The van der Waals surface area contributed by atoms with Gasteiger partial charge in [0.15, 0.2) is 5.13 Å². The van der Waals surface area contributed by atoms with Gasteiger partial charge in [-0.3, -0.25) is 10.3 Å². The maximum Gasteiger partial charge on any atom is 0.321 e. The second-order valence-electron chi connectivity index (χ2n) is 5.70. The van der Waals surface area contributed by atoms with Gasteiger partial charge in [-0.2, -0.15) is 0 Å². The van der Waals surface area contributed by atoms with Crippen LogP contribution in [0.2, 0.25) is 0 Å². The standard InChI is InChI=1S/C19H17N5OS.CH4/c1-2-21-18(25)24-19-23-16-10-13(12-5-3-7-20-11-12)9-14(17(16)26-19)15-6-4-8-22-15;/h3-11,22H,2H2,1H3,(H2,21,23,24,25);1H4. The summed E-state index contributed by atoms with van der Waals surface area (Å²) in [6.45, 7) is 2.44. The predicted octanol–water partition coefficient (Wildman–Crippen LogP) is 5.13. The molecule has 4 rings (SSSR count). The number of carbonyl (C=O) groups excluding carboxylic acids is 1. The summed E-state index contributed by atoms with van der Waals surface area (Å²) in [6, 6.07) is 11.8. The molecule has 0 aliphatic heterocycles. The third kappa shape index (κ3) is 3.83. The van der Waals surface area contributed by atoms with E-state index in [9.17, 15) is 4.79 Å². The fraction of sp³-hybridized carbons (Fsp3) is 0.150. The molecule has 4 aromatic rings. The lowest BCUT2D eigenvalue weighted by Crippen LogP contribution is -2.28. The van der Waals surface area contributed by atoms with E-state index in [1.807, 2.05) is 49.6 Å². The molecule has 0 spiro atoms. The Morgan fingerprint density at radius 1 is 1.22 bits per heavy atom. The van der Waals surface area contributed by atoms with Crippen LogP contribution in [0.5, 0.6) is 0 Å². The molecule has 6 nitrogen and oxygen atoms in total. The van der Waals surface area contributed by atoms with Gasteiger partial charge in [0.2, 0.25) is 0 Å². The Labute approximate surface area is 161 Å². The summed E-state index contributed by atoms with van der Waals surface area (Å²) in [5, 5.41) is 6.09. The third-order valence-corrected chi connectivity index (χ3v) is 4.95. The average molecular weight is 379 g/mol. The minimum Gasteiger partial charge on any atom is -0.361 e. The third-order valence-electron chi connectivity index (χ3n) is 3.93. The number of rotatable bonds is 4. The number of aromatic amines is 1. The number of H-pyrrole nitrogens is 1. The van der Waals surface area contributed by atoms with E-state index in [1.54, 1.807) is 6.20 Å². The molecule has 3 aromatic heterocycles. The SMILES string of the molecule is C.CCNC(=O)Nc1nc2cc(-c3cccnc3)cc(-c3ccc[nH]3)c2s1. The Morgan fingerprint density at radius 2 is 2.11 bits per heavy atom. The fourth-order valence-electron chi connectivity index (χ4n) is 2.79. The molecule has 1 aromatic carbocycles. The number of nitrogens with one attached hydrogen (secondary N) is 3. The summed E-state index contributed by atoms with van der Waals surface area (Å²) in [5.74, 6) is 0. The Hall–Kier alpha value is -3.19. The number of aromatic nitrogens is 3. The second-order valence-corrected chi connectivity index (χ2v) is 6.70. The van der Waals surface area contributed by atoms with Crippen LogP contribution in [-0.4, -0.2) is 27.5 Å². The zero-order valence-electron chi connectivity index (χ0n) is 14.1. The van der Waals surface area contributed by atoms with Gasteiger partial charge in [-0.25, -0.2) is 9.78 Å². The first kappa shape index (κ1) is 18.6. The van der Waals surface area contributed by atoms with Crippen LogP contribution in [0.25, 0.3) is 32.6 Å². The van der Waals surface area contributed by atoms with Gasteiger partial charge < -0.3 is 10.3 Å². The van der Waals surface area contributed by atoms with Crippen LogP contribution in [0.3, 0.4) is 0 Å². The number of anilines is 1. The number of carbonyl (C=O) groups is 1. The lowest BCUT2D eigenvalue weighted by atomic mass is 10.0. The second kappa shape index (κ2) is 8.01. The molecular formula is C20H21N5OS. The molecule has 0 bridgehead atoms. The highest BCUT2D eigenvalue weighted by molar-refractivity contribution is 7.22. The van der Waals surface area contributed by atoms with E-state index in [1.165, 1.54) is 11.3 Å². The molecule has 0 aliphatic rings. The molecule has 27 heavy (non-hydrogen) atoms. The molecule has 3 N–H and O–H groups in total. The largest absolute Gasteiger partial charge is 0.361 e.